The minimum Gasteiger partial charge on any atom is -0.285 e. The lowest BCUT2D eigenvalue weighted by Gasteiger charge is -2.11. The van der Waals surface area contributed by atoms with Gasteiger partial charge in [-0.2, -0.15) is 0 Å². The number of hydrogen-bond acceptors (Lipinski definition) is 3. The SMILES string of the molecule is CN1C(=O)CC(Cc2cc(Cl)cc3cccnc23)C1=O. The Morgan fingerprint density at radius 1 is 1.40 bits per heavy atom. The summed E-state index contributed by atoms with van der Waals surface area (Å²) in [5.41, 5.74) is 1.75. The highest BCUT2D eigenvalue weighted by Crippen LogP contribution is 2.28. The van der Waals surface area contributed by atoms with Gasteiger partial charge in [-0.05, 0) is 30.2 Å². The summed E-state index contributed by atoms with van der Waals surface area (Å²) >= 11 is 6.11. The zero-order valence-corrected chi connectivity index (χ0v) is 11.7. The molecule has 1 fully saturated rings. The Morgan fingerprint density at radius 2 is 2.20 bits per heavy atom. The number of carbonyl (C=O) groups excluding carboxylic acids is 2. The molecular weight excluding hydrogens is 276 g/mol. The second kappa shape index (κ2) is 4.87. The Balaban J connectivity index is 1.99. The van der Waals surface area contributed by atoms with Gasteiger partial charge in [0.15, 0.2) is 0 Å². The summed E-state index contributed by atoms with van der Waals surface area (Å²) in [5, 5.41) is 1.56. The van der Waals surface area contributed by atoms with E-state index in [1.165, 1.54) is 11.9 Å². The molecule has 4 nitrogen and oxygen atoms in total. The van der Waals surface area contributed by atoms with Crippen LogP contribution in [0.3, 0.4) is 0 Å². The predicted octanol–water partition coefficient (Wildman–Crippen LogP) is 2.44. The van der Waals surface area contributed by atoms with E-state index in [1.807, 2.05) is 24.3 Å². The van der Waals surface area contributed by atoms with Gasteiger partial charge in [0.1, 0.15) is 0 Å². The summed E-state index contributed by atoms with van der Waals surface area (Å²) in [5.74, 6) is -0.561. The van der Waals surface area contributed by atoms with E-state index >= 15 is 0 Å². The van der Waals surface area contributed by atoms with Crippen molar-refractivity contribution in [2.24, 2.45) is 5.92 Å². The largest absolute Gasteiger partial charge is 0.285 e. The fourth-order valence-electron chi connectivity index (χ4n) is 2.64. The molecule has 0 bridgehead atoms. The first-order valence-electron chi connectivity index (χ1n) is 6.40. The smallest absolute Gasteiger partial charge is 0.232 e. The third-order valence-corrected chi connectivity index (χ3v) is 3.91. The Kier molecular flexibility index (Phi) is 3.18. The maximum atomic E-state index is 12.0. The minimum absolute atomic E-state index is 0.126. The van der Waals surface area contributed by atoms with E-state index in [0.717, 1.165) is 16.5 Å². The topological polar surface area (TPSA) is 50.3 Å². The summed E-state index contributed by atoms with van der Waals surface area (Å²) in [6.07, 6.45) is 2.46. The number of aromatic nitrogens is 1. The zero-order valence-electron chi connectivity index (χ0n) is 11.0. The number of pyridine rings is 1. The molecule has 1 unspecified atom stereocenters. The number of rotatable bonds is 2. The van der Waals surface area contributed by atoms with Gasteiger partial charge in [0.25, 0.3) is 0 Å². The van der Waals surface area contributed by atoms with Crippen LogP contribution in [0.15, 0.2) is 30.5 Å². The molecule has 1 saturated heterocycles. The van der Waals surface area contributed by atoms with E-state index in [1.54, 1.807) is 6.20 Å². The molecule has 3 rings (SSSR count). The number of fused-ring (bicyclic) bond motifs is 1. The Morgan fingerprint density at radius 3 is 2.90 bits per heavy atom. The van der Waals surface area contributed by atoms with Gasteiger partial charge >= 0.3 is 0 Å². The molecule has 0 aliphatic carbocycles. The molecular formula is C15H13ClN2O2. The first-order chi connectivity index (χ1) is 9.56. The predicted molar refractivity (Wildman–Crippen MR) is 76.3 cm³/mol. The third kappa shape index (κ3) is 2.16. The lowest BCUT2D eigenvalue weighted by molar-refractivity contribution is -0.137. The van der Waals surface area contributed by atoms with Gasteiger partial charge in [0, 0.05) is 30.1 Å². The van der Waals surface area contributed by atoms with Crippen LogP contribution in [0, 0.1) is 5.92 Å². The van der Waals surface area contributed by atoms with Gasteiger partial charge in [-0.15, -0.1) is 0 Å². The summed E-state index contributed by atoms with van der Waals surface area (Å²) in [6.45, 7) is 0. The Bertz CT molecular complexity index is 714. The number of hydrogen-bond donors (Lipinski definition) is 0. The average Bonchev–Trinajstić information content (AvgIpc) is 2.66. The molecule has 1 atom stereocenters. The Hall–Kier alpha value is -1.94. The molecule has 0 saturated carbocycles. The van der Waals surface area contributed by atoms with Crippen molar-refractivity contribution in [3.05, 3.63) is 41.0 Å². The van der Waals surface area contributed by atoms with Crippen molar-refractivity contribution in [2.45, 2.75) is 12.8 Å². The van der Waals surface area contributed by atoms with Crippen LogP contribution in [0.4, 0.5) is 0 Å². The number of nitrogens with zero attached hydrogens (tertiary/aromatic N) is 2. The van der Waals surface area contributed by atoms with E-state index in [-0.39, 0.29) is 24.2 Å². The molecule has 2 heterocycles. The van der Waals surface area contributed by atoms with Crippen molar-refractivity contribution < 1.29 is 9.59 Å². The van der Waals surface area contributed by atoms with Crippen molar-refractivity contribution >= 4 is 34.3 Å². The van der Waals surface area contributed by atoms with Gasteiger partial charge in [-0.3, -0.25) is 19.5 Å². The van der Waals surface area contributed by atoms with E-state index in [2.05, 4.69) is 4.98 Å². The van der Waals surface area contributed by atoms with Crippen molar-refractivity contribution in [1.29, 1.82) is 0 Å². The summed E-state index contributed by atoms with van der Waals surface area (Å²) in [6, 6.07) is 7.46. The molecule has 0 spiro atoms. The van der Waals surface area contributed by atoms with Crippen LogP contribution in [0.25, 0.3) is 10.9 Å². The van der Waals surface area contributed by atoms with Crippen molar-refractivity contribution in [1.82, 2.24) is 9.88 Å². The molecule has 1 aliphatic heterocycles. The van der Waals surface area contributed by atoms with Gasteiger partial charge in [-0.25, -0.2) is 0 Å². The molecule has 0 N–H and O–H groups in total. The number of amides is 2. The highest BCUT2D eigenvalue weighted by molar-refractivity contribution is 6.31. The molecule has 102 valence electrons. The molecule has 20 heavy (non-hydrogen) atoms. The highest BCUT2D eigenvalue weighted by Gasteiger charge is 2.36. The van der Waals surface area contributed by atoms with Crippen LogP contribution >= 0.6 is 11.6 Å². The quantitative estimate of drug-likeness (QED) is 0.798. The third-order valence-electron chi connectivity index (χ3n) is 3.69. The van der Waals surface area contributed by atoms with E-state index in [9.17, 15) is 9.59 Å². The number of imide groups is 1. The lowest BCUT2D eigenvalue weighted by Crippen LogP contribution is -2.26. The number of benzene rings is 1. The van der Waals surface area contributed by atoms with Crippen LogP contribution in [0.2, 0.25) is 5.02 Å². The molecule has 2 amide bonds. The molecule has 5 heteroatoms. The monoisotopic (exact) mass is 288 g/mol. The van der Waals surface area contributed by atoms with Crippen LogP contribution in [0.5, 0.6) is 0 Å². The summed E-state index contributed by atoms with van der Waals surface area (Å²) in [4.78, 5) is 29.1. The van der Waals surface area contributed by atoms with Gasteiger partial charge in [0.05, 0.1) is 11.4 Å². The van der Waals surface area contributed by atoms with Crippen LogP contribution in [-0.4, -0.2) is 28.7 Å². The Labute approximate surface area is 121 Å². The fourth-order valence-corrected chi connectivity index (χ4v) is 2.89. The average molecular weight is 289 g/mol. The molecule has 1 aliphatic rings. The van der Waals surface area contributed by atoms with Crippen molar-refractivity contribution in [3.63, 3.8) is 0 Å². The summed E-state index contributed by atoms with van der Waals surface area (Å²) in [7, 11) is 1.53. The van der Waals surface area contributed by atoms with E-state index in [4.69, 9.17) is 11.6 Å². The molecule has 0 radical (unpaired) electrons. The zero-order chi connectivity index (χ0) is 14.3. The van der Waals surface area contributed by atoms with Gasteiger partial charge < -0.3 is 0 Å². The minimum atomic E-state index is -0.309. The fraction of sp³-hybridized carbons (Fsp3) is 0.267. The standard InChI is InChI=1S/C15H13ClN2O2/c1-18-13(19)8-11(15(18)20)5-10-7-12(16)6-9-3-2-4-17-14(9)10/h2-4,6-7,11H,5,8H2,1H3. The van der Waals surface area contributed by atoms with Crippen molar-refractivity contribution in [2.75, 3.05) is 7.05 Å². The van der Waals surface area contributed by atoms with E-state index < -0.39 is 0 Å². The number of halogens is 1. The number of likely N-dealkylation sites (tertiary alicyclic amines) is 1. The van der Waals surface area contributed by atoms with Gasteiger partial charge in [-0.1, -0.05) is 17.7 Å². The van der Waals surface area contributed by atoms with Crippen LogP contribution < -0.4 is 0 Å². The maximum absolute atomic E-state index is 12.0. The summed E-state index contributed by atoms with van der Waals surface area (Å²) < 4.78 is 0. The molecule has 1 aromatic carbocycles. The highest BCUT2D eigenvalue weighted by atomic mass is 35.5. The lowest BCUT2D eigenvalue weighted by atomic mass is 9.96. The second-order valence-corrected chi connectivity index (χ2v) is 5.47. The maximum Gasteiger partial charge on any atom is 0.232 e. The first kappa shape index (κ1) is 13.1. The van der Waals surface area contributed by atoms with Crippen LogP contribution in [-0.2, 0) is 16.0 Å². The van der Waals surface area contributed by atoms with E-state index in [0.29, 0.717) is 11.4 Å². The first-order valence-corrected chi connectivity index (χ1v) is 6.77. The molecule has 1 aromatic heterocycles. The normalized spacial score (nSPS) is 19.1. The number of carbonyl (C=O) groups is 2. The van der Waals surface area contributed by atoms with Gasteiger partial charge in [0.2, 0.25) is 11.8 Å². The molecule has 2 aromatic rings. The van der Waals surface area contributed by atoms with Crippen molar-refractivity contribution in [3.8, 4) is 0 Å². The second-order valence-electron chi connectivity index (χ2n) is 5.04. The van der Waals surface area contributed by atoms with Crippen LogP contribution in [0.1, 0.15) is 12.0 Å².